The molecule has 0 unspecified atom stereocenters. The van der Waals surface area contributed by atoms with Gasteiger partial charge in [-0.25, -0.2) is 9.38 Å². The monoisotopic (exact) mass is 484 g/mol. The summed E-state index contributed by atoms with van der Waals surface area (Å²) in [4.78, 5) is 9.11. The summed E-state index contributed by atoms with van der Waals surface area (Å²) in [5.41, 5.74) is 1.86. The summed E-state index contributed by atoms with van der Waals surface area (Å²) in [7, 11) is 0. The van der Waals surface area contributed by atoms with Gasteiger partial charge in [0.05, 0.1) is 12.2 Å². The molecular weight excluding hydrogens is 458 g/mol. The second kappa shape index (κ2) is 10.3. The van der Waals surface area contributed by atoms with Crippen molar-refractivity contribution >= 4 is 35.6 Å². The molecule has 0 spiro atoms. The quantitative estimate of drug-likeness (QED) is 0.397. The zero-order chi connectivity index (χ0) is 18.4. The third-order valence-corrected chi connectivity index (χ3v) is 4.46. The van der Waals surface area contributed by atoms with Crippen LogP contribution in [0.2, 0.25) is 0 Å². The van der Waals surface area contributed by atoms with Crippen molar-refractivity contribution in [3.63, 3.8) is 0 Å². The van der Waals surface area contributed by atoms with Crippen LogP contribution in [0.4, 0.5) is 10.1 Å². The van der Waals surface area contributed by atoms with Crippen LogP contribution in [-0.2, 0) is 6.54 Å². The Balaban J connectivity index is 0.00000261. The summed E-state index contributed by atoms with van der Waals surface area (Å²) in [6.07, 6.45) is 0. The predicted octanol–water partition coefficient (Wildman–Crippen LogP) is 3.44. The average Bonchev–Trinajstić information content (AvgIpc) is 2.67. The Hall–Kier alpha value is -2.03. The van der Waals surface area contributed by atoms with Crippen LogP contribution in [-0.4, -0.2) is 48.7 Å². The molecule has 0 saturated carbocycles. The molecule has 0 bridgehead atoms. The third kappa shape index (κ3) is 5.72. The molecule has 3 rings (SSSR count). The lowest BCUT2D eigenvalue weighted by atomic mass is 10.2. The summed E-state index contributed by atoms with van der Waals surface area (Å²) in [6, 6.07) is 13.9. The number of guanidine groups is 1. The number of nitrogens with one attached hydrogen (secondary N) is 1. The van der Waals surface area contributed by atoms with E-state index in [0.717, 1.165) is 49.9 Å². The molecule has 0 aliphatic carbocycles. The molecule has 0 aromatic heterocycles. The largest absolute Gasteiger partial charge is 0.506 e. The van der Waals surface area contributed by atoms with E-state index in [2.05, 4.69) is 15.1 Å². The molecule has 1 heterocycles. The number of aromatic hydroxyl groups is 1. The Labute approximate surface area is 176 Å². The van der Waals surface area contributed by atoms with Crippen molar-refractivity contribution in [2.24, 2.45) is 4.99 Å². The van der Waals surface area contributed by atoms with E-state index in [9.17, 15) is 9.50 Å². The molecule has 7 heteroatoms. The number of aliphatic imine (C=N–C) groups is 1. The molecular formula is C20H26FIN4O. The van der Waals surface area contributed by atoms with Crippen molar-refractivity contribution in [2.45, 2.75) is 13.5 Å². The predicted molar refractivity (Wildman–Crippen MR) is 119 cm³/mol. The first-order valence-electron chi connectivity index (χ1n) is 8.98. The zero-order valence-electron chi connectivity index (χ0n) is 15.4. The van der Waals surface area contributed by atoms with Crippen molar-refractivity contribution in [2.75, 3.05) is 37.6 Å². The van der Waals surface area contributed by atoms with Crippen LogP contribution in [0.15, 0.2) is 53.5 Å². The molecule has 2 N–H and O–H groups in total. The van der Waals surface area contributed by atoms with E-state index in [4.69, 9.17) is 4.99 Å². The van der Waals surface area contributed by atoms with E-state index in [-0.39, 0.29) is 29.8 Å². The van der Waals surface area contributed by atoms with Gasteiger partial charge in [-0.05, 0) is 36.8 Å². The normalized spacial score (nSPS) is 14.7. The van der Waals surface area contributed by atoms with Gasteiger partial charge in [0.2, 0.25) is 0 Å². The highest BCUT2D eigenvalue weighted by Crippen LogP contribution is 2.27. The fourth-order valence-corrected chi connectivity index (χ4v) is 3.07. The summed E-state index contributed by atoms with van der Waals surface area (Å²) in [5.74, 6) is 0.955. The van der Waals surface area contributed by atoms with E-state index < -0.39 is 0 Å². The fourth-order valence-electron chi connectivity index (χ4n) is 3.07. The van der Waals surface area contributed by atoms with Gasteiger partial charge in [-0.15, -0.1) is 24.0 Å². The standard InChI is InChI=1S/C20H25FN4O.HI/c1-2-22-20(23-15-16-7-9-17(21)10-8-16)25-13-11-24(12-14-25)18-5-3-4-6-19(18)26;/h3-10,26H,2,11-15H2,1H3,(H,22,23);1H. The van der Waals surface area contributed by atoms with Gasteiger partial charge in [-0.1, -0.05) is 24.3 Å². The molecule has 5 nitrogen and oxygen atoms in total. The lowest BCUT2D eigenvalue weighted by Gasteiger charge is -2.37. The first-order chi connectivity index (χ1) is 12.7. The van der Waals surface area contributed by atoms with E-state index in [0.29, 0.717) is 12.3 Å². The fraction of sp³-hybridized carbons (Fsp3) is 0.350. The first kappa shape index (κ1) is 21.3. The number of para-hydroxylation sites is 2. The van der Waals surface area contributed by atoms with Crippen molar-refractivity contribution in [1.82, 2.24) is 10.2 Å². The van der Waals surface area contributed by atoms with Gasteiger partial charge in [0.1, 0.15) is 11.6 Å². The number of hydrogen-bond donors (Lipinski definition) is 2. The maximum Gasteiger partial charge on any atom is 0.194 e. The smallest absolute Gasteiger partial charge is 0.194 e. The van der Waals surface area contributed by atoms with Crippen LogP contribution in [0.5, 0.6) is 5.75 Å². The number of rotatable bonds is 4. The van der Waals surface area contributed by atoms with Gasteiger partial charge in [0.25, 0.3) is 0 Å². The number of phenols is 1. The van der Waals surface area contributed by atoms with Crippen molar-refractivity contribution < 1.29 is 9.50 Å². The van der Waals surface area contributed by atoms with Crippen LogP contribution >= 0.6 is 24.0 Å². The Kier molecular flexibility index (Phi) is 8.15. The first-order valence-corrected chi connectivity index (χ1v) is 8.98. The maximum atomic E-state index is 13.0. The number of anilines is 1. The molecule has 0 radical (unpaired) electrons. The van der Waals surface area contributed by atoms with Gasteiger partial charge >= 0.3 is 0 Å². The second-order valence-electron chi connectivity index (χ2n) is 6.26. The second-order valence-corrected chi connectivity index (χ2v) is 6.26. The minimum atomic E-state index is -0.232. The Morgan fingerprint density at radius 1 is 1.07 bits per heavy atom. The molecule has 1 saturated heterocycles. The van der Waals surface area contributed by atoms with E-state index in [1.807, 2.05) is 25.1 Å². The number of hydrogen-bond acceptors (Lipinski definition) is 3. The van der Waals surface area contributed by atoms with Crippen LogP contribution in [0.3, 0.4) is 0 Å². The summed E-state index contributed by atoms with van der Waals surface area (Å²) in [6.45, 7) is 6.64. The maximum absolute atomic E-state index is 13.0. The molecule has 2 aromatic rings. The van der Waals surface area contributed by atoms with Gasteiger partial charge in [0, 0.05) is 32.7 Å². The minimum Gasteiger partial charge on any atom is -0.506 e. The van der Waals surface area contributed by atoms with E-state index in [1.165, 1.54) is 12.1 Å². The van der Waals surface area contributed by atoms with Gasteiger partial charge in [-0.2, -0.15) is 0 Å². The Morgan fingerprint density at radius 3 is 2.37 bits per heavy atom. The lowest BCUT2D eigenvalue weighted by molar-refractivity contribution is 0.369. The molecule has 0 amide bonds. The molecule has 27 heavy (non-hydrogen) atoms. The van der Waals surface area contributed by atoms with Crippen LogP contribution in [0.1, 0.15) is 12.5 Å². The van der Waals surface area contributed by atoms with Crippen molar-refractivity contribution in [3.8, 4) is 5.75 Å². The van der Waals surface area contributed by atoms with E-state index in [1.54, 1.807) is 18.2 Å². The highest BCUT2D eigenvalue weighted by molar-refractivity contribution is 14.0. The van der Waals surface area contributed by atoms with Crippen molar-refractivity contribution in [1.29, 1.82) is 0 Å². The van der Waals surface area contributed by atoms with Gasteiger partial charge < -0.3 is 20.2 Å². The van der Waals surface area contributed by atoms with Crippen molar-refractivity contribution in [3.05, 3.63) is 59.9 Å². The average molecular weight is 484 g/mol. The number of phenolic OH excluding ortho intramolecular Hbond substituents is 1. The lowest BCUT2D eigenvalue weighted by Crippen LogP contribution is -2.52. The Morgan fingerprint density at radius 2 is 1.74 bits per heavy atom. The molecule has 2 aromatic carbocycles. The van der Waals surface area contributed by atoms with E-state index >= 15 is 0 Å². The van der Waals surface area contributed by atoms with Crippen LogP contribution < -0.4 is 10.2 Å². The van der Waals surface area contributed by atoms with Crippen LogP contribution in [0.25, 0.3) is 0 Å². The number of benzene rings is 2. The minimum absolute atomic E-state index is 0. The molecule has 146 valence electrons. The molecule has 0 atom stereocenters. The number of halogens is 2. The summed E-state index contributed by atoms with van der Waals surface area (Å²) < 4.78 is 13.0. The highest BCUT2D eigenvalue weighted by atomic mass is 127. The molecule has 1 fully saturated rings. The van der Waals surface area contributed by atoms with Gasteiger partial charge in [-0.3, -0.25) is 0 Å². The van der Waals surface area contributed by atoms with Gasteiger partial charge in [0.15, 0.2) is 5.96 Å². The summed E-state index contributed by atoms with van der Waals surface area (Å²) >= 11 is 0. The highest BCUT2D eigenvalue weighted by Gasteiger charge is 2.21. The molecule has 1 aliphatic heterocycles. The van der Waals surface area contributed by atoms with Crippen LogP contribution in [0, 0.1) is 5.82 Å². The number of piperazine rings is 1. The Bertz CT molecular complexity index is 746. The molecule has 1 aliphatic rings. The number of nitrogens with zero attached hydrogens (tertiary/aromatic N) is 3. The SMILES string of the molecule is CCNC(=NCc1ccc(F)cc1)N1CCN(c2ccccc2O)CC1.I. The zero-order valence-corrected chi connectivity index (χ0v) is 17.8. The topological polar surface area (TPSA) is 51.1 Å². The summed E-state index contributed by atoms with van der Waals surface area (Å²) in [5, 5.41) is 13.4. The third-order valence-electron chi connectivity index (χ3n) is 4.46.